The highest BCUT2D eigenvalue weighted by atomic mass is 32.2. The lowest BCUT2D eigenvalue weighted by molar-refractivity contribution is 0.0994. The zero-order valence-electron chi connectivity index (χ0n) is 15.3. The molecule has 1 aromatic heterocycles. The zero-order chi connectivity index (χ0) is 19.6. The largest absolute Gasteiger partial charge is 0.492 e. The fraction of sp³-hybridized carbons (Fsp3) is 0.263. The first-order chi connectivity index (χ1) is 12.9. The van der Waals surface area contributed by atoms with E-state index in [2.05, 4.69) is 4.99 Å². The summed E-state index contributed by atoms with van der Waals surface area (Å²) >= 11 is 1.37. The molecule has 0 bridgehead atoms. The van der Waals surface area contributed by atoms with E-state index >= 15 is 0 Å². The molecule has 0 saturated carbocycles. The van der Waals surface area contributed by atoms with Crippen molar-refractivity contribution >= 4 is 37.3 Å². The molecule has 0 unspecified atom stereocenters. The number of fused-ring (bicyclic) bond motifs is 1. The average Bonchev–Trinajstić information content (AvgIpc) is 2.99. The average molecular weight is 405 g/mol. The molecule has 1 heterocycles. The minimum Gasteiger partial charge on any atom is -0.492 e. The number of aryl methyl sites for hydroxylation is 1. The molecule has 0 aliphatic rings. The van der Waals surface area contributed by atoms with Gasteiger partial charge in [-0.2, -0.15) is 4.99 Å². The Hall–Kier alpha value is -2.45. The number of para-hydroxylation sites is 1. The standard InChI is InChI=1S/C19H20N2O4S2/c1-4-21-17-14(25-5-2)10-8-11-15(17)26-19(21)20-18(22)13-9-6-7-12-16(13)27(3,23)24/h6-12H,4-5H2,1-3H3. The maximum Gasteiger partial charge on any atom is 0.280 e. The Labute approximate surface area is 161 Å². The van der Waals surface area contributed by atoms with E-state index in [0.29, 0.717) is 18.0 Å². The Kier molecular flexibility index (Phi) is 5.48. The lowest BCUT2D eigenvalue weighted by Gasteiger charge is -2.07. The van der Waals surface area contributed by atoms with Gasteiger partial charge in [-0.05, 0) is 38.1 Å². The Morgan fingerprint density at radius 1 is 1.15 bits per heavy atom. The van der Waals surface area contributed by atoms with Crippen molar-refractivity contribution in [3.63, 3.8) is 0 Å². The normalized spacial score (nSPS) is 12.5. The molecule has 3 rings (SSSR count). The summed E-state index contributed by atoms with van der Waals surface area (Å²) in [5.74, 6) is 0.154. The number of rotatable bonds is 5. The molecule has 0 N–H and O–H groups in total. The number of benzene rings is 2. The van der Waals surface area contributed by atoms with Crippen LogP contribution in [0.1, 0.15) is 24.2 Å². The summed E-state index contributed by atoms with van der Waals surface area (Å²) in [5.41, 5.74) is 0.958. The summed E-state index contributed by atoms with van der Waals surface area (Å²) < 4.78 is 32.5. The molecule has 0 aliphatic carbocycles. The van der Waals surface area contributed by atoms with Crippen LogP contribution in [0, 0.1) is 0 Å². The highest BCUT2D eigenvalue weighted by Gasteiger charge is 2.18. The van der Waals surface area contributed by atoms with Crippen molar-refractivity contribution in [2.45, 2.75) is 25.3 Å². The summed E-state index contributed by atoms with van der Waals surface area (Å²) in [6.45, 7) is 5.01. The number of thiazole rings is 1. The van der Waals surface area contributed by atoms with Crippen molar-refractivity contribution in [3.05, 3.63) is 52.8 Å². The first-order valence-corrected chi connectivity index (χ1v) is 11.2. The molecule has 27 heavy (non-hydrogen) atoms. The monoisotopic (exact) mass is 404 g/mol. The fourth-order valence-corrected chi connectivity index (χ4v) is 4.85. The van der Waals surface area contributed by atoms with E-state index in [0.717, 1.165) is 22.2 Å². The number of aromatic nitrogens is 1. The molecule has 2 aromatic carbocycles. The summed E-state index contributed by atoms with van der Waals surface area (Å²) in [5, 5.41) is 0. The Balaban J connectivity index is 2.20. The van der Waals surface area contributed by atoms with E-state index in [9.17, 15) is 13.2 Å². The predicted octanol–water partition coefficient (Wildman–Crippen LogP) is 3.27. The topological polar surface area (TPSA) is 77.7 Å². The van der Waals surface area contributed by atoms with Crippen LogP contribution in [0.2, 0.25) is 0 Å². The van der Waals surface area contributed by atoms with Crippen molar-refractivity contribution in [2.75, 3.05) is 12.9 Å². The maximum absolute atomic E-state index is 12.8. The zero-order valence-corrected chi connectivity index (χ0v) is 16.9. The van der Waals surface area contributed by atoms with E-state index in [4.69, 9.17) is 4.74 Å². The molecule has 1 amide bonds. The number of nitrogens with zero attached hydrogens (tertiary/aromatic N) is 2. The van der Waals surface area contributed by atoms with Crippen LogP contribution < -0.4 is 9.54 Å². The first kappa shape index (κ1) is 19.3. The molecule has 0 radical (unpaired) electrons. The van der Waals surface area contributed by atoms with Gasteiger partial charge in [0, 0.05) is 12.8 Å². The third kappa shape index (κ3) is 3.81. The van der Waals surface area contributed by atoms with Crippen LogP contribution in [0.5, 0.6) is 5.75 Å². The fourth-order valence-electron chi connectivity index (χ4n) is 2.86. The number of hydrogen-bond donors (Lipinski definition) is 0. The smallest absolute Gasteiger partial charge is 0.280 e. The number of carbonyl (C=O) groups is 1. The third-order valence-electron chi connectivity index (χ3n) is 3.99. The van der Waals surface area contributed by atoms with Gasteiger partial charge in [-0.1, -0.05) is 29.5 Å². The number of carbonyl (C=O) groups excluding carboxylic acids is 1. The minimum atomic E-state index is -3.53. The number of sulfone groups is 1. The second kappa shape index (κ2) is 7.66. The van der Waals surface area contributed by atoms with Crippen molar-refractivity contribution in [1.29, 1.82) is 0 Å². The second-order valence-corrected chi connectivity index (χ2v) is 8.84. The van der Waals surface area contributed by atoms with Gasteiger partial charge < -0.3 is 9.30 Å². The van der Waals surface area contributed by atoms with Crippen molar-refractivity contribution in [1.82, 2.24) is 4.57 Å². The summed E-state index contributed by atoms with van der Waals surface area (Å²) in [6, 6.07) is 11.9. The van der Waals surface area contributed by atoms with Crippen LogP contribution in [0.15, 0.2) is 52.4 Å². The summed E-state index contributed by atoms with van der Waals surface area (Å²) in [6.07, 6.45) is 1.08. The van der Waals surface area contributed by atoms with E-state index in [1.54, 1.807) is 12.1 Å². The predicted molar refractivity (Wildman–Crippen MR) is 106 cm³/mol. The highest BCUT2D eigenvalue weighted by Crippen LogP contribution is 2.27. The molecular weight excluding hydrogens is 384 g/mol. The number of ether oxygens (including phenoxy) is 1. The number of amides is 1. The lowest BCUT2D eigenvalue weighted by atomic mass is 10.2. The quantitative estimate of drug-likeness (QED) is 0.654. The first-order valence-electron chi connectivity index (χ1n) is 8.50. The Bertz CT molecular complexity index is 1170. The Morgan fingerprint density at radius 2 is 1.89 bits per heavy atom. The second-order valence-electron chi connectivity index (χ2n) is 5.85. The van der Waals surface area contributed by atoms with Crippen LogP contribution in [0.25, 0.3) is 10.2 Å². The summed E-state index contributed by atoms with van der Waals surface area (Å²) in [7, 11) is -3.53. The third-order valence-corrected chi connectivity index (χ3v) is 6.19. The van der Waals surface area contributed by atoms with Gasteiger partial charge in [-0.25, -0.2) is 8.42 Å². The lowest BCUT2D eigenvalue weighted by Crippen LogP contribution is -2.17. The van der Waals surface area contributed by atoms with Gasteiger partial charge in [0.05, 0.1) is 21.8 Å². The van der Waals surface area contributed by atoms with E-state index in [1.165, 1.54) is 23.5 Å². The number of hydrogen-bond acceptors (Lipinski definition) is 5. The van der Waals surface area contributed by atoms with Crippen LogP contribution in [-0.4, -0.2) is 31.8 Å². The van der Waals surface area contributed by atoms with Crippen LogP contribution in [0.4, 0.5) is 0 Å². The molecule has 8 heteroatoms. The molecule has 0 atom stereocenters. The molecule has 0 spiro atoms. The molecule has 0 fully saturated rings. The molecule has 3 aromatic rings. The van der Waals surface area contributed by atoms with E-state index in [-0.39, 0.29) is 10.5 Å². The minimum absolute atomic E-state index is 0.0158. The van der Waals surface area contributed by atoms with Gasteiger partial charge in [0.25, 0.3) is 5.91 Å². The van der Waals surface area contributed by atoms with Gasteiger partial charge in [0.1, 0.15) is 11.3 Å². The maximum atomic E-state index is 12.8. The highest BCUT2D eigenvalue weighted by molar-refractivity contribution is 7.90. The van der Waals surface area contributed by atoms with Gasteiger partial charge in [-0.3, -0.25) is 4.79 Å². The SMILES string of the molecule is CCOc1cccc2sc(=NC(=O)c3ccccc3S(C)(=O)=O)n(CC)c12. The van der Waals surface area contributed by atoms with Gasteiger partial charge in [0.15, 0.2) is 14.6 Å². The molecular formula is C19H20N2O4S2. The summed E-state index contributed by atoms with van der Waals surface area (Å²) in [4.78, 5) is 17.5. The molecule has 6 nitrogen and oxygen atoms in total. The Morgan fingerprint density at radius 3 is 2.56 bits per heavy atom. The molecule has 0 aliphatic heterocycles. The molecule has 142 valence electrons. The van der Waals surface area contributed by atoms with Crippen molar-refractivity contribution in [2.24, 2.45) is 4.99 Å². The van der Waals surface area contributed by atoms with E-state index < -0.39 is 15.7 Å². The molecule has 0 saturated heterocycles. The van der Waals surface area contributed by atoms with Gasteiger partial charge >= 0.3 is 0 Å². The van der Waals surface area contributed by atoms with Crippen LogP contribution in [0.3, 0.4) is 0 Å². The van der Waals surface area contributed by atoms with Crippen molar-refractivity contribution < 1.29 is 17.9 Å². The van der Waals surface area contributed by atoms with Crippen LogP contribution in [-0.2, 0) is 16.4 Å². The van der Waals surface area contributed by atoms with E-state index in [1.807, 2.05) is 36.6 Å². The van der Waals surface area contributed by atoms with Gasteiger partial charge in [0.2, 0.25) is 0 Å². The van der Waals surface area contributed by atoms with Crippen molar-refractivity contribution in [3.8, 4) is 5.75 Å². The van der Waals surface area contributed by atoms with Crippen LogP contribution >= 0.6 is 11.3 Å². The van der Waals surface area contributed by atoms with Gasteiger partial charge in [-0.15, -0.1) is 0 Å².